The standard InChI is InChI=1S/C19H27N3/c1-2-4-16(5-3-1)19(22-12-10-20-11-13-22)17-7-6-15-8-9-21-18(15)14-17/h6-9,14,16,19-21H,1-5,10-13H2/t19-/m1/s1. The first-order chi connectivity index (χ1) is 10.9. The number of fused-ring (bicyclic) bond motifs is 1. The summed E-state index contributed by atoms with van der Waals surface area (Å²) in [6.07, 6.45) is 9.11. The van der Waals surface area contributed by atoms with Gasteiger partial charge in [-0.25, -0.2) is 0 Å². The van der Waals surface area contributed by atoms with Gasteiger partial charge in [0.25, 0.3) is 0 Å². The van der Waals surface area contributed by atoms with E-state index in [0.717, 1.165) is 19.0 Å². The lowest BCUT2D eigenvalue weighted by Crippen LogP contribution is -2.47. The monoisotopic (exact) mass is 297 g/mol. The van der Waals surface area contributed by atoms with E-state index in [4.69, 9.17) is 0 Å². The van der Waals surface area contributed by atoms with Gasteiger partial charge in [-0.3, -0.25) is 4.90 Å². The van der Waals surface area contributed by atoms with E-state index < -0.39 is 0 Å². The molecule has 3 nitrogen and oxygen atoms in total. The molecule has 2 heterocycles. The maximum Gasteiger partial charge on any atom is 0.0457 e. The number of aromatic amines is 1. The Hall–Kier alpha value is -1.32. The van der Waals surface area contributed by atoms with Crippen molar-refractivity contribution in [2.75, 3.05) is 26.2 Å². The van der Waals surface area contributed by atoms with E-state index in [-0.39, 0.29) is 0 Å². The van der Waals surface area contributed by atoms with Crippen molar-refractivity contribution >= 4 is 10.9 Å². The number of benzene rings is 1. The van der Waals surface area contributed by atoms with Crippen LogP contribution in [0, 0.1) is 5.92 Å². The SMILES string of the molecule is c1cc2ccc([C@@H](C3CCCCC3)N3CCNCC3)cc2[nH]1. The van der Waals surface area contributed by atoms with Crippen LogP contribution in [-0.4, -0.2) is 36.1 Å². The molecule has 118 valence electrons. The number of H-pyrrole nitrogens is 1. The molecule has 1 aliphatic carbocycles. The van der Waals surface area contributed by atoms with Crippen LogP contribution in [0.2, 0.25) is 0 Å². The third kappa shape index (κ3) is 2.80. The van der Waals surface area contributed by atoms with Crippen molar-refractivity contribution in [1.82, 2.24) is 15.2 Å². The van der Waals surface area contributed by atoms with Crippen molar-refractivity contribution in [3.05, 3.63) is 36.0 Å². The van der Waals surface area contributed by atoms with Gasteiger partial charge >= 0.3 is 0 Å². The highest BCUT2D eigenvalue weighted by molar-refractivity contribution is 5.80. The van der Waals surface area contributed by atoms with Gasteiger partial charge in [-0.05, 0) is 41.8 Å². The Morgan fingerprint density at radius 3 is 2.64 bits per heavy atom. The van der Waals surface area contributed by atoms with Crippen LogP contribution in [0.25, 0.3) is 10.9 Å². The highest BCUT2D eigenvalue weighted by atomic mass is 15.2. The first kappa shape index (κ1) is 14.3. The number of nitrogens with zero attached hydrogens (tertiary/aromatic N) is 1. The summed E-state index contributed by atoms with van der Waals surface area (Å²) < 4.78 is 0. The van der Waals surface area contributed by atoms with Crippen LogP contribution in [0.1, 0.15) is 43.7 Å². The molecule has 1 aliphatic heterocycles. The minimum atomic E-state index is 0.607. The van der Waals surface area contributed by atoms with Crippen LogP contribution >= 0.6 is 0 Å². The highest BCUT2D eigenvalue weighted by Crippen LogP contribution is 2.39. The zero-order valence-corrected chi connectivity index (χ0v) is 13.4. The summed E-state index contributed by atoms with van der Waals surface area (Å²) in [6.45, 7) is 4.63. The molecule has 22 heavy (non-hydrogen) atoms. The average Bonchev–Trinajstić information content (AvgIpc) is 3.05. The first-order valence-electron chi connectivity index (χ1n) is 8.93. The lowest BCUT2D eigenvalue weighted by molar-refractivity contribution is 0.103. The van der Waals surface area contributed by atoms with Crippen molar-refractivity contribution in [2.45, 2.75) is 38.1 Å². The molecule has 2 aliphatic rings. The molecule has 0 amide bonds. The maximum absolute atomic E-state index is 3.50. The van der Waals surface area contributed by atoms with Crippen LogP contribution in [-0.2, 0) is 0 Å². The number of piperazine rings is 1. The van der Waals surface area contributed by atoms with E-state index in [1.165, 1.54) is 61.7 Å². The molecule has 1 aromatic heterocycles. The van der Waals surface area contributed by atoms with Gasteiger partial charge in [0.2, 0.25) is 0 Å². The van der Waals surface area contributed by atoms with Crippen LogP contribution in [0.5, 0.6) is 0 Å². The first-order valence-corrected chi connectivity index (χ1v) is 8.93. The average molecular weight is 297 g/mol. The summed E-state index contributed by atoms with van der Waals surface area (Å²) in [4.78, 5) is 6.12. The Bertz CT molecular complexity index is 588. The van der Waals surface area contributed by atoms with Crippen LogP contribution < -0.4 is 5.32 Å². The second-order valence-electron chi connectivity index (χ2n) is 6.95. The lowest BCUT2D eigenvalue weighted by atomic mass is 9.80. The number of rotatable bonds is 3. The Kier molecular flexibility index (Phi) is 4.17. The van der Waals surface area contributed by atoms with Crippen LogP contribution in [0.4, 0.5) is 0 Å². The second-order valence-corrected chi connectivity index (χ2v) is 6.95. The number of hydrogen-bond acceptors (Lipinski definition) is 2. The molecule has 1 atom stereocenters. The third-order valence-corrected chi connectivity index (χ3v) is 5.56. The molecule has 2 fully saturated rings. The molecule has 0 bridgehead atoms. The molecule has 1 saturated carbocycles. The maximum atomic E-state index is 3.50. The van der Waals surface area contributed by atoms with Crippen LogP contribution in [0.15, 0.2) is 30.5 Å². The van der Waals surface area contributed by atoms with Gasteiger partial charge < -0.3 is 10.3 Å². The molecule has 1 aromatic carbocycles. The zero-order valence-electron chi connectivity index (χ0n) is 13.4. The smallest absolute Gasteiger partial charge is 0.0457 e. The third-order valence-electron chi connectivity index (χ3n) is 5.56. The van der Waals surface area contributed by atoms with Gasteiger partial charge in [0, 0.05) is 43.9 Å². The van der Waals surface area contributed by atoms with Gasteiger partial charge in [0.1, 0.15) is 0 Å². The summed E-state index contributed by atoms with van der Waals surface area (Å²) in [5, 5.41) is 4.83. The predicted molar refractivity (Wildman–Crippen MR) is 92.1 cm³/mol. The number of nitrogens with one attached hydrogen (secondary N) is 2. The lowest BCUT2D eigenvalue weighted by Gasteiger charge is -2.41. The molecule has 2 N–H and O–H groups in total. The summed E-state index contributed by atoms with van der Waals surface area (Å²) in [7, 11) is 0. The Labute approximate surface area is 133 Å². The molecule has 2 aromatic rings. The fourth-order valence-corrected chi connectivity index (χ4v) is 4.44. The van der Waals surface area contributed by atoms with Gasteiger partial charge in [-0.1, -0.05) is 31.4 Å². The molecule has 0 spiro atoms. The van der Waals surface area contributed by atoms with E-state index in [9.17, 15) is 0 Å². The molecule has 0 unspecified atom stereocenters. The van der Waals surface area contributed by atoms with E-state index >= 15 is 0 Å². The summed E-state index contributed by atoms with van der Waals surface area (Å²) in [6, 6.07) is 9.84. The topological polar surface area (TPSA) is 31.1 Å². The fourth-order valence-electron chi connectivity index (χ4n) is 4.44. The van der Waals surface area contributed by atoms with Crippen molar-refractivity contribution in [2.24, 2.45) is 5.92 Å². The minimum Gasteiger partial charge on any atom is -0.361 e. The van der Waals surface area contributed by atoms with Crippen molar-refractivity contribution in [3.8, 4) is 0 Å². The quantitative estimate of drug-likeness (QED) is 0.905. The van der Waals surface area contributed by atoms with Gasteiger partial charge in [0.15, 0.2) is 0 Å². The second kappa shape index (κ2) is 6.43. The van der Waals surface area contributed by atoms with Crippen molar-refractivity contribution in [1.29, 1.82) is 0 Å². The van der Waals surface area contributed by atoms with Crippen molar-refractivity contribution in [3.63, 3.8) is 0 Å². The van der Waals surface area contributed by atoms with Crippen LogP contribution in [0.3, 0.4) is 0 Å². The largest absolute Gasteiger partial charge is 0.361 e. The highest BCUT2D eigenvalue weighted by Gasteiger charge is 2.30. The molecule has 0 radical (unpaired) electrons. The van der Waals surface area contributed by atoms with Gasteiger partial charge in [-0.15, -0.1) is 0 Å². The Balaban J connectivity index is 1.67. The number of aromatic nitrogens is 1. The van der Waals surface area contributed by atoms with E-state index in [0.29, 0.717) is 6.04 Å². The molecule has 3 heteroatoms. The predicted octanol–water partition coefficient (Wildman–Crippen LogP) is 3.69. The van der Waals surface area contributed by atoms with E-state index in [1.807, 2.05) is 0 Å². The van der Waals surface area contributed by atoms with Gasteiger partial charge in [0.05, 0.1) is 0 Å². The molecular formula is C19H27N3. The summed E-state index contributed by atoms with van der Waals surface area (Å²) in [5.74, 6) is 0.833. The van der Waals surface area contributed by atoms with E-state index in [2.05, 4.69) is 45.7 Å². The summed E-state index contributed by atoms with van der Waals surface area (Å²) >= 11 is 0. The summed E-state index contributed by atoms with van der Waals surface area (Å²) in [5.41, 5.74) is 2.80. The Morgan fingerprint density at radius 2 is 1.82 bits per heavy atom. The van der Waals surface area contributed by atoms with E-state index in [1.54, 1.807) is 0 Å². The normalized spacial score (nSPS) is 22.9. The molecule has 1 saturated heterocycles. The van der Waals surface area contributed by atoms with Crippen molar-refractivity contribution < 1.29 is 0 Å². The fraction of sp³-hybridized carbons (Fsp3) is 0.579. The molecular weight excluding hydrogens is 270 g/mol. The Morgan fingerprint density at radius 1 is 1.00 bits per heavy atom. The minimum absolute atomic E-state index is 0.607. The molecule has 4 rings (SSSR count). The zero-order chi connectivity index (χ0) is 14.8. The number of hydrogen-bond donors (Lipinski definition) is 2. The van der Waals surface area contributed by atoms with Gasteiger partial charge in [-0.2, -0.15) is 0 Å².